The smallest absolute Gasteiger partial charge is 0.242 e. The van der Waals surface area contributed by atoms with Crippen molar-refractivity contribution in [1.29, 1.82) is 5.26 Å². The number of nitriles is 1. The van der Waals surface area contributed by atoms with Crippen LogP contribution in [0.25, 0.3) is 0 Å². The number of hydrogen-bond donors (Lipinski definition) is 0. The van der Waals surface area contributed by atoms with Crippen molar-refractivity contribution in [2.45, 2.75) is 20.4 Å². The van der Waals surface area contributed by atoms with E-state index >= 15 is 0 Å². The Balaban J connectivity index is 2.77. The van der Waals surface area contributed by atoms with Gasteiger partial charge in [0.2, 0.25) is 5.91 Å². The van der Waals surface area contributed by atoms with Gasteiger partial charge in [-0.3, -0.25) is 4.79 Å². The normalized spacial score (nSPS) is 10.8. The number of carbonyl (C=O) groups excluding carboxylic acids is 1. The van der Waals surface area contributed by atoms with E-state index < -0.39 is 5.41 Å². The highest BCUT2D eigenvalue weighted by atomic mass is 35.5. The van der Waals surface area contributed by atoms with Crippen molar-refractivity contribution in [2.24, 2.45) is 5.41 Å². The van der Waals surface area contributed by atoms with E-state index in [1.54, 1.807) is 27.0 Å². The molecule has 90 valence electrons. The van der Waals surface area contributed by atoms with E-state index in [0.29, 0.717) is 11.6 Å². The van der Waals surface area contributed by atoms with Crippen molar-refractivity contribution in [3.8, 4) is 6.07 Å². The fourth-order valence-corrected chi connectivity index (χ4v) is 1.72. The van der Waals surface area contributed by atoms with Crippen molar-refractivity contribution in [2.75, 3.05) is 7.05 Å². The van der Waals surface area contributed by atoms with Gasteiger partial charge in [0.25, 0.3) is 0 Å². The molecule has 17 heavy (non-hydrogen) atoms. The van der Waals surface area contributed by atoms with Crippen LogP contribution in [0.4, 0.5) is 0 Å². The summed E-state index contributed by atoms with van der Waals surface area (Å²) in [6.07, 6.45) is 0. The maximum Gasteiger partial charge on any atom is 0.242 e. The van der Waals surface area contributed by atoms with E-state index in [-0.39, 0.29) is 5.91 Å². The van der Waals surface area contributed by atoms with Crippen LogP contribution in [-0.4, -0.2) is 17.9 Å². The number of rotatable bonds is 3. The molecule has 3 nitrogen and oxygen atoms in total. The van der Waals surface area contributed by atoms with Crippen LogP contribution in [0.1, 0.15) is 19.4 Å². The molecule has 0 N–H and O–H groups in total. The van der Waals surface area contributed by atoms with Crippen molar-refractivity contribution in [3.63, 3.8) is 0 Å². The maximum atomic E-state index is 12.0. The monoisotopic (exact) mass is 250 g/mol. The second kappa shape index (κ2) is 5.20. The Morgan fingerprint density at radius 3 is 2.71 bits per heavy atom. The Kier molecular flexibility index (Phi) is 4.14. The first kappa shape index (κ1) is 13.5. The van der Waals surface area contributed by atoms with Crippen LogP contribution in [-0.2, 0) is 11.3 Å². The Hall–Kier alpha value is -1.53. The topological polar surface area (TPSA) is 44.1 Å². The van der Waals surface area contributed by atoms with Crippen LogP contribution in [0.2, 0.25) is 5.02 Å². The predicted molar refractivity (Wildman–Crippen MR) is 67.3 cm³/mol. The average Bonchev–Trinajstić information content (AvgIpc) is 2.28. The highest BCUT2D eigenvalue weighted by molar-refractivity contribution is 6.30. The second-order valence-electron chi connectivity index (χ2n) is 4.53. The van der Waals surface area contributed by atoms with Gasteiger partial charge in [-0.1, -0.05) is 23.7 Å². The average molecular weight is 251 g/mol. The van der Waals surface area contributed by atoms with Gasteiger partial charge in [0.1, 0.15) is 5.41 Å². The van der Waals surface area contributed by atoms with E-state index in [4.69, 9.17) is 16.9 Å². The van der Waals surface area contributed by atoms with Crippen LogP contribution < -0.4 is 0 Å². The zero-order valence-corrected chi connectivity index (χ0v) is 11.0. The van der Waals surface area contributed by atoms with Gasteiger partial charge < -0.3 is 4.90 Å². The molecule has 0 aliphatic carbocycles. The summed E-state index contributed by atoms with van der Waals surface area (Å²) in [5.74, 6) is -0.194. The number of amides is 1. The minimum Gasteiger partial charge on any atom is -0.340 e. The second-order valence-corrected chi connectivity index (χ2v) is 4.96. The van der Waals surface area contributed by atoms with Crippen LogP contribution >= 0.6 is 11.6 Å². The molecule has 4 heteroatoms. The van der Waals surface area contributed by atoms with E-state index in [2.05, 4.69) is 0 Å². The largest absolute Gasteiger partial charge is 0.340 e. The summed E-state index contributed by atoms with van der Waals surface area (Å²) in [7, 11) is 1.68. The molecule has 0 fully saturated rings. The lowest BCUT2D eigenvalue weighted by atomic mass is 9.94. The minimum atomic E-state index is -0.993. The van der Waals surface area contributed by atoms with Gasteiger partial charge in [-0.25, -0.2) is 0 Å². The summed E-state index contributed by atoms with van der Waals surface area (Å²) in [5, 5.41) is 9.55. The third kappa shape index (κ3) is 3.47. The zero-order valence-electron chi connectivity index (χ0n) is 10.2. The number of nitrogens with zero attached hydrogens (tertiary/aromatic N) is 2. The third-order valence-corrected chi connectivity index (χ3v) is 2.70. The zero-order chi connectivity index (χ0) is 13.1. The summed E-state index contributed by atoms with van der Waals surface area (Å²) in [5.41, 5.74) is -0.0464. The lowest BCUT2D eigenvalue weighted by Crippen LogP contribution is -2.37. The Bertz CT molecular complexity index is 463. The Morgan fingerprint density at radius 1 is 1.53 bits per heavy atom. The molecular weight excluding hydrogens is 236 g/mol. The lowest BCUT2D eigenvalue weighted by molar-refractivity contribution is -0.136. The molecular formula is C13H15ClN2O. The molecule has 0 aromatic heterocycles. The van der Waals surface area contributed by atoms with E-state index in [1.165, 1.54) is 4.90 Å². The Morgan fingerprint density at radius 2 is 2.18 bits per heavy atom. The van der Waals surface area contributed by atoms with Gasteiger partial charge in [-0.15, -0.1) is 0 Å². The maximum absolute atomic E-state index is 12.0. The molecule has 0 unspecified atom stereocenters. The van der Waals surface area contributed by atoms with E-state index in [0.717, 1.165) is 5.56 Å². The highest BCUT2D eigenvalue weighted by Gasteiger charge is 2.30. The summed E-state index contributed by atoms with van der Waals surface area (Å²) in [6.45, 7) is 3.68. The van der Waals surface area contributed by atoms with Crippen molar-refractivity contribution < 1.29 is 4.79 Å². The molecule has 1 rings (SSSR count). The standard InChI is InChI=1S/C13H15ClN2O/c1-13(2,9-15)12(17)16(3)8-10-5-4-6-11(14)7-10/h4-7H,8H2,1-3H3. The molecule has 0 radical (unpaired) electrons. The van der Waals surface area contributed by atoms with Gasteiger partial charge in [-0.2, -0.15) is 5.26 Å². The molecule has 0 spiro atoms. The SMILES string of the molecule is CN(Cc1cccc(Cl)c1)C(=O)C(C)(C)C#N. The van der Waals surface area contributed by atoms with Gasteiger partial charge >= 0.3 is 0 Å². The number of benzene rings is 1. The summed E-state index contributed by atoms with van der Waals surface area (Å²) in [4.78, 5) is 13.5. The first-order valence-corrected chi connectivity index (χ1v) is 5.66. The van der Waals surface area contributed by atoms with Crippen molar-refractivity contribution in [1.82, 2.24) is 4.90 Å². The highest BCUT2D eigenvalue weighted by Crippen LogP contribution is 2.19. The summed E-state index contributed by atoms with van der Waals surface area (Å²) >= 11 is 5.87. The fraction of sp³-hybridized carbons (Fsp3) is 0.385. The molecule has 1 aromatic rings. The van der Waals surface area contributed by atoms with E-state index in [9.17, 15) is 4.79 Å². The third-order valence-electron chi connectivity index (χ3n) is 2.47. The number of hydrogen-bond acceptors (Lipinski definition) is 2. The van der Waals surface area contributed by atoms with Gasteiger partial charge in [0.15, 0.2) is 0 Å². The molecule has 0 bridgehead atoms. The molecule has 0 heterocycles. The molecule has 1 aromatic carbocycles. The number of halogens is 1. The molecule has 0 saturated carbocycles. The quantitative estimate of drug-likeness (QED) is 0.828. The molecule has 0 aliphatic rings. The Labute approximate surface area is 107 Å². The molecule has 0 saturated heterocycles. The molecule has 1 amide bonds. The summed E-state index contributed by atoms with van der Waals surface area (Å²) < 4.78 is 0. The van der Waals surface area contributed by atoms with Gasteiger partial charge in [-0.05, 0) is 31.5 Å². The van der Waals surface area contributed by atoms with Gasteiger partial charge in [0.05, 0.1) is 6.07 Å². The minimum absolute atomic E-state index is 0.194. The van der Waals surface area contributed by atoms with E-state index in [1.807, 2.05) is 24.3 Å². The predicted octanol–water partition coefficient (Wildman–Crippen LogP) is 2.85. The molecule has 0 aliphatic heterocycles. The van der Waals surface area contributed by atoms with Crippen LogP contribution in [0.15, 0.2) is 24.3 Å². The van der Waals surface area contributed by atoms with Crippen molar-refractivity contribution >= 4 is 17.5 Å². The number of carbonyl (C=O) groups is 1. The lowest BCUT2D eigenvalue weighted by Gasteiger charge is -2.24. The first-order chi connectivity index (χ1) is 7.86. The van der Waals surface area contributed by atoms with Crippen molar-refractivity contribution in [3.05, 3.63) is 34.9 Å². The van der Waals surface area contributed by atoms with Crippen LogP contribution in [0.5, 0.6) is 0 Å². The van der Waals surface area contributed by atoms with Gasteiger partial charge in [0, 0.05) is 18.6 Å². The first-order valence-electron chi connectivity index (χ1n) is 5.28. The van der Waals surface area contributed by atoms with Crippen LogP contribution in [0.3, 0.4) is 0 Å². The fourth-order valence-electron chi connectivity index (χ4n) is 1.51. The van der Waals surface area contributed by atoms with Crippen LogP contribution in [0, 0.1) is 16.7 Å². The summed E-state index contributed by atoms with van der Waals surface area (Å²) in [6, 6.07) is 9.33. The molecule has 0 atom stereocenters.